The number of hydrogen-bond donors (Lipinski definition) is 1. The molecule has 0 aliphatic rings. The molecule has 1 atom stereocenters. The number of nitrogens with two attached hydrogens (primary N) is 1. The maximum Gasteiger partial charge on any atom is 0.263 e. The fourth-order valence-electron chi connectivity index (χ4n) is 2.56. The van der Waals surface area contributed by atoms with Crippen LogP contribution in [0.1, 0.15) is 50.3 Å². The molecule has 1 aromatic carbocycles. The molecule has 1 unspecified atom stereocenters. The Labute approximate surface area is 114 Å². The molecule has 0 bridgehead atoms. The molecule has 0 amide bonds. The van der Waals surface area contributed by atoms with E-state index in [1.54, 1.807) is 12.1 Å². The van der Waals surface area contributed by atoms with Crippen LogP contribution in [0.3, 0.4) is 0 Å². The molecule has 0 aromatic heterocycles. The van der Waals surface area contributed by atoms with E-state index in [-0.39, 0.29) is 11.6 Å². The minimum Gasteiger partial charge on any atom is -0.329 e. The quantitative estimate of drug-likeness (QED) is 0.817. The zero-order valence-electron chi connectivity index (χ0n) is 11.9. The van der Waals surface area contributed by atoms with Crippen molar-refractivity contribution < 1.29 is 8.78 Å². The molecule has 0 fully saturated rings. The Morgan fingerprint density at radius 2 is 1.74 bits per heavy atom. The van der Waals surface area contributed by atoms with Gasteiger partial charge in [0.1, 0.15) is 0 Å². The van der Waals surface area contributed by atoms with Gasteiger partial charge in [-0.25, -0.2) is 8.78 Å². The first-order valence-corrected chi connectivity index (χ1v) is 6.85. The van der Waals surface area contributed by atoms with Crippen molar-refractivity contribution in [3.8, 4) is 0 Å². The molecule has 1 aromatic rings. The van der Waals surface area contributed by atoms with Crippen LogP contribution in [0, 0.1) is 0 Å². The molecule has 0 aliphatic carbocycles. The van der Waals surface area contributed by atoms with Gasteiger partial charge in [0.05, 0.1) is 0 Å². The van der Waals surface area contributed by atoms with Gasteiger partial charge in [0, 0.05) is 24.2 Å². The van der Waals surface area contributed by atoms with Crippen molar-refractivity contribution in [2.24, 2.45) is 5.73 Å². The molecule has 0 aliphatic heterocycles. The largest absolute Gasteiger partial charge is 0.329 e. The third-order valence-corrected chi connectivity index (χ3v) is 3.78. The number of rotatable bonds is 7. The highest BCUT2D eigenvalue weighted by molar-refractivity contribution is 5.27. The molecule has 4 heteroatoms. The van der Waals surface area contributed by atoms with E-state index in [2.05, 4.69) is 18.7 Å². The maximum atomic E-state index is 12.8. The van der Waals surface area contributed by atoms with Gasteiger partial charge in [-0.3, -0.25) is 4.90 Å². The van der Waals surface area contributed by atoms with E-state index in [4.69, 9.17) is 5.73 Å². The van der Waals surface area contributed by atoms with E-state index in [1.807, 2.05) is 13.1 Å². The summed E-state index contributed by atoms with van der Waals surface area (Å²) in [4.78, 5) is 2.20. The van der Waals surface area contributed by atoms with Gasteiger partial charge in [-0.05, 0) is 31.5 Å². The zero-order valence-corrected chi connectivity index (χ0v) is 11.9. The Balaban J connectivity index is 2.99. The maximum absolute atomic E-state index is 12.8. The van der Waals surface area contributed by atoms with Gasteiger partial charge in [0.2, 0.25) is 0 Å². The Hall–Kier alpha value is -1.00. The second-order valence-electron chi connectivity index (χ2n) is 4.86. The molecule has 1 rings (SSSR count). The highest BCUT2D eigenvalue weighted by atomic mass is 19.3. The lowest BCUT2D eigenvalue weighted by molar-refractivity contribution is 0.149. The van der Waals surface area contributed by atoms with Crippen LogP contribution in [0.25, 0.3) is 0 Å². The summed E-state index contributed by atoms with van der Waals surface area (Å²) in [7, 11) is 2.02. The summed E-state index contributed by atoms with van der Waals surface area (Å²) in [6, 6.07) is 7.00. The van der Waals surface area contributed by atoms with Crippen molar-refractivity contribution in [1.29, 1.82) is 0 Å². The van der Waals surface area contributed by atoms with Crippen LogP contribution >= 0.6 is 0 Å². The van der Waals surface area contributed by atoms with Crippen LogP contribution in [-0.4, -0.2) is 24.5 Å². The summed E-state index contributed by atoms with van der Waals surface area (Å²) in [6.45, 7) is 4.70. The van der Waals surface area contributed by atoms with Crippen molar-refractivity contribution in [1.82, 2.24) is 4.90 Å². The van der Waals surface area contributed by atoms with Gasteiger partial charge in [-0.15, -0.1) is 0 Å². The predicted octanol–water partition coefficient (Wildman–Crippen LogP) is 3.74. The summed E-state index contributed by atoms with van der Waals surface area (Å²) in [6.07, 6.45) is -0.382. The molecule has 2 N–H and O–H groups in total. The summed E-state index contributed by atoms with van der Waals surface area (Å²) in [5.74, 6) is 0. The van der Waals surface area contributed by atoms with Crippen LogP contribution in [0.15, 0.2) is 24.3 Å². The third-order valence-electron chi connectivity index (χ3n) is 3.78. The van der Waals surface area contributed by atoms with Crippen molar-refractivity contribution in [2.75, 3.05) is 13.6 Å². The lowest BCUT2D eigenvalue weighted by atomic mass is 10.00. The average Bonchev–Trinajstić information content (AvgIpc) is 2.41. The Bertz CT molecular complexity index is 378. The van der Waals surface area contributed by atoms with Gasteiger partial charge in [0.25, 0.3) is 6.43 Å². The average molecular weight is 270 g/mol. The first-order valence-electron chi connectivity index (χ1n) is 6.85. The Morgan fingerprint density at radius 3 is 2.21 bits per heavy atom. The number of hydrogen-bond acceptors (Lipinski definition) is 2. The van der Waals surface area contributed by atoms with E-state index in [9.17, 15) is 8.78 Å². The molecular formula is C15H24F2N2. The van der Waals surface area contributed by atoms with Crippen LogP contribution in [-0.2, 0) is 0 Å². The highest BCUT2D eigenvalue weighted by Gasteiger charge is 2.21. The van der Waals surface area contributed by atoms with Crippen molar-refractivity contribution in [3.63, 3.8) is 0 Å². The number of halogens is 2. The monoisotopic (exact) mass is 270 g/mol. The smallest absolute Gasteiger partial charge is 0.263 e. The number of likely N-dealkylation sites (N-methyl/N-ethyl adjacent to an activating group) is 1. The Kier molecular flexibility index (Phi) is 6.38. The van der Waals surface area contributed by atoms with E-state index in [1.165, 1.54) is 6.07 Å². The standard InChI is InChI=1S/C15H24F2N2/c1-4-13(5-2)19(3)14(10-18)11-7-6-8-12(9-11)15(16)17/h6-9,13-15H,4-5,10,18H2,1-3H3. The molecule has 0 heterocycles. The molecule has 19 heavy (non-hydrogen) atoms. The summed E-state index contributed by atoms with van der Waals surface area (Å²) < 4.78 is 25.5. The Morgan fingerprint density at radius 1 is 1.16 bits per heavy atom. The highest BCUT2D eigenvalue weighted by Crippen LogP contribution is 2.26. The second-order valence-corrected chi connectivity index (χ2v) is 4.86. The lowest BCUT2D eigenvalue weighted by Crippen LogP contribution is -2.38. The predicted molar refractivity (Wildman–Crippen MR) is 75.3 cm³/mol. The lowest BCUT2D eigenvalue weighted by Gasteiger charge is -2.34. The van der Waals surface area contributed by atoms with Crippen LogP contribution in [0.2, 0.25) is 0 Å². The van der Waals surface area contributed by atoms with E-state index in [0.717, 1.165) is 18.4 Å². The van der Waals surface area contributed by atoms with Crippen molar-refractivity contribution >= 4 is 0 Å². The number of benzene rings is 1. The molecule has 0 saturated heterocycles. The topological polar surface area (TPSA) is 29.3 Å². The van der Waals surface area contributed by atoms with E-state index in [0.29, 0.717) is 12.6 Å². The fraction of sp³-hybridized carbons (Fsp3) is 0.600. The van der Waals surface area contributed by atoms with E-state index < -0.39 is 6.43 Å². The first-order chi connectivity index (χ1) is 9.04. The van der Waals surface area contributed by atoms with Crippen LogP contribution < -0.4 is 5.73 Å². The second kappa shape index (κ2) is 7.56. The van der Waals surface area contributed by atoms with Crippen molar-refractivity contribution in [2.45, 2.75) is 45.2 Å². The van der Waals surface area contributed by atoms with E-state index >= 15 is 0 Å². The first kappa shape index (κ1) is 16.1. The summed E-state index contributed by atoms with van der Waals surface area (Å²) in [5, 5.41) is 0. The van der Waals surface area contributed by atoms with Gasteiger partial charge in [0.15, 0.2) is 0 Å². The van der Waals surface area contributed by atoms with Gasteiger partial charge >= 0.3 is 0 Å². The van der Waals surface area contributed by atoms with Crippen LogP contribution in [0.4, 0.5) is 8.78 Å². The summed E-state index contributed by atoms with van der Waals surface area (Å²) in [5.41, 5.74) is 6.78. The summed E-state index contributed by atoms with van der Waals surface area (Å²) >= 11 is 0. The number of alkyl halides is 2. The van der Waals surface area contributed by atoms with Gasteiger partial charge in [-0.1, -0.05) is 32.0 Å². The molecular weight excluding hydrogens is 246 g/mol. The SMILES string of the molecule is CCC(CC)N(C)C(CN)c1cccc(C(F)F)c1. The zero-order chi connectivity index (χ0) is 14.4. The normalized spacial score (nSPS) is 13.5. The third kappa shape index (κ3) is 3.98. The molecule has 108 valence electrons. The fourth-order valence-corrected chi connectivity index (χ4v) is 2.56. The molecule has 0 saturated carbocycles. The van der Waals surface area contributed by atoms with Crippen LogP contribution in [0.5, 0.6) is 0 Å². The number of nitrogens with zero attached hydrogens (tertiary/aromatic N) is 1. The minimum atomic E-state index is -2.43. The van der Waals surface area contributed by atoms with Gasteiger partial charge < -0.3 is 5.73 Å². The minimum absolute atomic E-state index is 0.0106. The van der Waals surface area contributed by atoms with Gasteiger partial charge in [-0.2, -0.15) is 0 Å². The molecule has 0 radical (unpaired) electrons. The molecule has 2 nitrogen and oxygen atoms in total. The van der Waals surface area contributed by atoms with Crippen molar-refractivity contribution in [3.05, 3.63) is 35.4 Å². The molecule has 0 spiro atoms.